The average molecular weight is 356 g/mol. The fourth-order valence-electron chi connectivity index (χ4n) is 2.74. The van der Waals surface area contributed by atoms with E-state index in [0.717, 1.165) is 13.1 Å². The molecule has 0 aromatic carbocycles. The van der Waals surface area contributed by atoms with Crippen LogP contribution in [-0.2, 0) is 4.79 Å². The summed E-state index contributed by atoms with van der Waals surface area (Å²) in [6.45, 7) is 11.0. The van der Waals surface area contributed by atoms with Crippen molar-refractivity contribution in [2.75, 3.05) is 37.6 Å². The zero-order valence-corrected chi connectivity index (χ0v) is 15.5. The quantitative estimate of drug-likeness (QED) is 0.857. The third-order valence-electron chi connectivity index (χ3n) is 3.94. The van der Waals surface area contributed by atoms with Crippen LogP contribution in [0.3, 0.4) is 0 Å². The Morgan fingerprint density at radius 1 is 1.25 bits per heavy atom. The number of rotatable bonds is 5. The summed E-state index contributed by atoms with van der Waals surface area (Å²) < 4.78 is 1.39. The normalized spacial score (nSPS) is 16.0. The van der Waals surface area contributed by atoms with Gasteiger partial charge in [-0.2, -0.15) is 5.10 Å². The van der Waals surface area contributed by atoms with Gasteiger partial charge in [-0.15, -0.1) is 0 Å². The number of nitrogens with zero attached hydrogens (tertiary/aromatic N) is 4. The van der Waals surface area contributed by atoms with Crippen molar-refractivity contribution in [2.45, 2.75) is 39.8 Å². The number of hydrogen-bond acceptors (Lipinski definition) is 5. The molecule has 0 aliphatic carbocycles. The zero-order chi connectivity index (χ0) is 17.9. The highest BCUT2D eigenvalue weighted by atomic mass is 35.5. The summed E-state index contributed by atoms with van der Waals surface area (Å²) in [4.78, 5) is 28.3. The van der Waals surface area contributed by atoms with Gasteiger partial charge < -0.3 is 10.2 Å². The minimum absolute atomic E-state index is 0.0274. The molecule has 0 saturated carbocycles. The molecule has 7 nitrogen and oxygen atoms in total. The number of carbonyl (C=O) groups excluding carboxylic acids is 1. The fourth-order valence-corrected chi connectivity index (χ4v) is 3.00. The minimum Gasteiger partial charge on any atom is -0.366 e. The van der Waals surface area contributed by atoms with Crippen molar-refractivity contribution in [3.63, 3.8) is 0 Å². The van der Waals surface area contributed by atoms with E-state index in [1.165, 1.54) is 4.68 Å². The van der Waals surface area contributed by atoms with Crippen LogP contribution in [0.25, 0.3) is 0 Å². The molecule has 1 aliphatic rings. The summed E-state index contributed by atoms with van der Waals surface area (Å²) in [5.74, 6) is 0.0395. The molecule has 2 rings (SSSR count). The molecule has 0 radical (unpaired) electrons. The van der Waals surface area contributed by atoms with Gasteiger partial charge in [-0.05, 0) is 27.7 Å². The van der Waals surface area contributed by atoms with E-state index < -0.39 is 0 Å². The number of carbonyl (C=O) groups is 1. The van der Waals surface area contributed by atoms with Crippen molar-refractivity contribution in [3.05, 3.63) is 21.6 Å². The molecule has 134 valence electrons. The minimum atomic E-state index is -0.261. The number of nitrogens with one attached hydrogen (secondary N) is 1. The maximum Gasteiger partial charge on any atom is 0.287 e. The number of piperazine rings is 1. The monoisotopic (exact) mass is 355 g/mol. The van der Waals surface area contributed by atoms with Gasteiger partial charge in [0.2, 0.25) is 5.91 Å². The highest BCUT2D eigenvalue weighted by molar-refractivity contribution is 6.33. The van der Waals surface area contributed by atoms with Crippen molar-refractivity contribution < 1.29 is 4.79 Å². The number of aromatic nitrogens is 2. The molecule has 1 aliphatic heterocycles. The molecule has 1 fully saturated rings. The molecule has 24 heavy (non-hydrogen) atoms. The van der Waals surface area contributed by atoms with Gasteiger partial charge in [0.15, 0.2) is 0 Å². The molecule has 0 atom stereocenters. The predicted octanol–water partition coefficient (Wildman–Crippen LogP) is 1.12. The Balaban J connectivity index is 1.99. The molecule has 2 heterocycles. The lowest BCUT2D eigenvalue weighted by Crippen LogP contribution is -2.50. The second-order valence-corrected chi connectivity index (χ2v) is 7.05. The molecule has 8 heteroatoms. The SMILES string of the molecule is CC(C)NC(=O)CN1CCN(c2cnn(C(C)C)c(=O)c2Cl)CC1. The maximum atomic E-state index is 12.3. The Kier molecular flexibility index (Phi) is 6.23. The van der Waals surface area contributed by atoms with Gasteiger partial charge in [-0.1, -0.05) is 11.6 Å². The molecule has 0 spiro atoms. The summed E-state index contributed by atoms with van der Waals surface area (Å²) in [7, 11) is 0. The molecule has 1 saturated heterocycles. The number of halogens is 1. The van der Waals surface area contributed by atoms with Crippen molar-refractivity contribution in [3.8, 4) is 0 Å². The van der Waals surface area contributed by atoms with Crippen LogP contribution in [-0.4, -0.2) is 59.4 Å². The fraction of sp³-hybridized carbons (Fsp3) is 0.688. The average Bonchev–Trinajstić information content (AvgIpc) is 2.49. The van der Waals surface area contributed by atoms with Gasteiger partial charge in [0.25, 0.3) is 5.56 Å². The Hall–Kier alpha value is -1.60. The van der Waals surface area contributed by atoms with Gasteiger partial charge in [0.1, 0.15) is 5.02 Å². The number of anilines is 1. The number of amides is 1. The molecule has 1 aromatic heterocycles. The Morgan fingerprint density at radius 2 is 1.88 bits per heavy atom. The first kappa shape index (κ1) is 18.7. The largest absolute Gasteiger partial charge is 0.366 e. The summed E-state index contributed by atoms with van der Waals surface area (Å²) in [5, 5.41) is 7.32. The summed E-state index contributed by atoms with van der Waals surface area (Å²) in [6.07, 6.45) is 1.66. The Bertz CT molecular complexity index is 636. The summed E-state index contributed by atoms with van der Waals surface area (Å²) >= 11 is 6.26. The predicted molar refractivity (Wildman–Crippen MR) is 95.8 cm³/mol. The molecule has 0 unspecified atom stereocenters. The van der Waals surface area contributed by atoms with Crippen LogP contribution < -0.4 is 15.8 Å². The van der Waals surface area contributed by atoms with E-state index in [9.17, 15) is 9.59 Å². The highest BCUT2D eigenvalue weighted by Gasteiger charge is 2.22. The van der Waals surface area contributed by atoms with E-state index >= 15 is 0 Å². The molecule has 0 bridgehead atoms. The van der Waals surface area contributed by atoms with Crippen LogP contribution in [0, 0.1) is 0 Å². The van der Waals surface area contributed by atoms with E-state index in [4.69, 9.17) is 11.6 Å². The van der Waals surface area contributed by atoms with Gasteiger partial charge in [0.05, 0.1) is 24.5 Å². The van der Waals surface area contributed by atoms with Crippen LogP contribution in [0.1, 0.15) is 33.7 Å². The Morgan fingerprint density at radius 3 is 2.42 bits per heavy atom. The van der Waals surface area contributed by atoms with Crippen LogP contribution in [0.4, 0.5) is 5.69 Å². The third-order valence-corrected chi connectivity index (χ3v) is 4.30. The van der Waals surface area contributed by atoms with Crippen LogP contribution in [0.2, 0.25) is 5.02 Å². The lowest BCUT2D eigenvalue weighted by molar-refractivity contribution is -0.122. The standard InChI is InChI=1S/C16H26ClN5O2/c1-11(2)19-14(23)10-20-5-7-21(8-6-20)13-9-18-22(12(3)4)16(24)15(13)17/h9,11-12H,5-8,10H2,1-4H3,(H,19,23). The van der Waals surface area contributed by atoms with Gasteiger partial charge in [-0.3, -0.25) is 14.5 Å². The van der Waals surface area contributed by atoms with Crippen LogP contribution in [0.5, 0.6) is 0 Å². The number of hydrogen-bond donors (Lipinski definition) is 1. The maximum absolute atomic E-state index is 12.3. The smallest absolute Gasteiger partial charge is 0.287 e. The summed E-state index contributed by atoms with van der Waals surface area (Å²) in [5.41, 5.74) is 0.410. The van der Waals surface area contributed by atoms with E-state index in [0.29, 0.717) is 25.3 Å². The van der Waals surface area contributed by atoms with Crippen LogP contribution >= 0.6 is 11.6 Å². The van der Waals surface area contributed by atoms with E-state index in [1.54, 1.807) is 6.20 Å². The van der Waals surface area contributed by atoms with Crippen molar-refractivity contribution in [2.24, 2.45) is 0 Å². The molecular weight excluding hydrogens is 330 g/mol. The van der Waals surface area contributed by atoms with Gasteiger partial charge in [0, 0.05) is 32.2 Å². The first-order chi connectivity index (χ1) is 11.3. The van der Waals surface area contributed by atoms with Crippen molar-refractivity contribution >= 4 is 23.2 Å². The lowest BCUT2D eigenvalue weighted by Gasteiger charge is -2.36. The third kappa shape index (κ3) is 4.48. The zero-order valence-electron chi connectivity index (χ0n) is 14.8. The van der Waals surface area contributed by atoms with E-state index in [-0.39, 0.29) is 28.6 Å². The van der Waals surface area contributed by atoms with Gasteiger partial charge in [-0.25, -0.2) is 4.68 Å². The molecular formula is C16H26ClN5O2. The van der Waals surface area contributed by atoms with Gasteiger partial charge >= 0.3 is 0 Å². The topological polar surface area (TPSA) is 70.5 Å². The van der Waals surface area contributed by atoms with Crippen LogP contribution in [0.15, 0.2) is 11.0 Å². The highest BCUT2D eigenvalue weighted by Crippen LogP contribution is 2.22. The first-order valence-corrected chi connectivity index (χ1v) is 8.71. The molecule has 1 amide bonds. The van der Waals surface area contributed by atoms with E-state index in [1.807, 2.05) is 27.7 Å². The first-order valence-electron chi connectivity index (χ1n) is 8.33. The Labute approximate surface area is 147 Å². The molecule has 1 aromatic rings. The summed E-state index contributed by atoms with van der Waals surface area (Å²) in [6, 6.07) is 0.122. The lowest BCUT2D eigenvalue weighted by atomic mass is 10.2. The second-order valence-electron chi connectivity index (χ2n) is 6.67. The molecule has 1 N–H and O–H groups in total. The van der Waals surface area contributed by atoms with E-state index in [2.05, 4.69) is 20.2 Å². The van der Waals surface area contributed by atoms with Crippen molar-refractivity contribution in [1.29, 1.82) is 0 Å². The van der Waals surface area contributed by atoms with Crippen molar-refractivity contribution in [1.82, 2.24) is 20.0 Å². The second kappa shape index (κ2) is 7.98.